The van der Waals surface area contributed by atoms with Gasteiger partial charge in [0.05, 0.1) is 25.3 Å². The topological polar surface area (TPSA) is 50.8 Å². The SMILES string of the molecule is COc1ccc([C@@H]2CCCN2C(=O)N[C@H](C)[C@H]2CCCO2)cc1. The summed E-state index contributed by atoms with van der Waals surface area (Å²) < 4.78 is 10.9. The molecule has 5 nitrogen and oxygen atoms in total. The molecule has 3 rings (SSSR count). The van der Waals surface area contributed by atoms with Gasteiger partial charge in [-0.05, 0) is 50.3 Å². The van der Waals surface area contributed by atoms with Crippen molar-refractivity contribution in [1.29, 1.82) is 0 Å². The van der Waals surface area contributed by atoms with Gasteiger partial charge in [0.15, 0.2) is 0 Å². The van der Waals surface area contributed by atoms with E-state index >= 15 is 0 Å². The van der Waals surface area contributed by atoms with Gasteiger partial charge in [0, 0.05) is 13.2 Å². The molecule has 23 heavy (non-hydrogen) atoms. The van der Waals surface area contributed by atoms with Crippen molar-refractivity contribution in [2.45, 2.75) is 50.8 Å². The maximum absolute atomic E-state index is 12.7. The van der Waals surface area contributed by atoms with Crippen LogP contribution >= 0.6 is 0 Å². The fourth-order valence-electron chi connectivity index (χ4n) is 3.55. The van der Waals surface area contributed by atoms with Gasteiger partial charge in [-0.2, -0.15) is 0 Å². The van der Waals surface area contributed by atoms with Crippen LogP contribution in [-0.2, 0) is 4.74 Å². The number of likely N-dealkylation sites (tertiary alicyclic amines) is 1. The van der Waals surface area contributed by atoms with E-state index in [9.17, 15) is 4.79 Å². The van der Waals surface area contributed by atoms with Gasteiger partial charge in [0.2, 0.25) is 0 Å². The Morgan fingerprint density at radius 1 is 1.30 bits per heavy atom. The molecule has 126 valence electrons. The largest absolute Gasteiger partial charge is 0.497 e. The zero-order valence-electron chi connectivity index (χ0n) is 14.0. The minimum Gasteiger partial charge on any atom is -0.497 e. The van der Waals surface area contributed by atoms with Crippen molar-refractivity contribution >= 4 is 6.03 Å². The number of carbonyl (C=O) groups is 1. The van der Waals surface area contributed by atoms with Gasteiger partial charge >= 0.3 is 6.03 Å². The van der Waals surface area contributed by atoms with Gasteiger partial charge in [0.1, 0.15) is 5.75 Å². The maximum Gasteiger partial charge on any atom is 0.318 e. The van der Waals surface area contributed by atoms with Crippen LogP contribution < -0.4 is 10.1 Å². The molecule has 3 atom stereocenters. The lowest BCUT2D eigenvalue weighted by Crippen LogP contribution is -2.47. The average molecular weight is 318 g/mol. The molecule has 0 bridgehead atoms. The second kappa shape index (κ2) is 7.21. The predicted molar refractivity (Wildman–Crippen MR) is 88.6 cm³/mol. The first-order valence-corrected chi connectivity index (χ1v) is 8.51. The summed E-state index contributed by atoms with van der Waals surface area (Å²) in [4.78, 5) is 14.6. The van der Waals surface area contributed by atoms with Crippen LogP contribution in [-0.4, -0.2) is 43.3 Å². The summed E-state index contributed by atoms with van der Waals surface area (Å²) in [5, 5.41) is 3.12. The van der Waals surface area contributed by atoms with E-state index in [0.29, 0.717) is 0 Å². The monoisotopic (exact) mass is 318 g/mol. The predicted octanol–water partition coefficient (Wildman–Crippen LogP) is 3.11. The van der Waals surface area contributed by atoms with Crippen LogP contribution in [0.4, 0.5) is 4.79 Å². The Bertz CT molecular complexity index is 526. The molecule has 1 aromatic rings. The quantitative estimate of drug-likeness (QED) is 0.928. The first-order valence-electron chi connectivity index (χ1n) is 8.51. The van der Waals surface area contributed by atoms with Gasteiger partial charge in [0.25, 0.3) is 0 Å². The third kappa shape index (κ3) is 3.61. The molecule has 2 heterocycles. The van der Waals surface area contributed by atoms with Crippen molar-refractivity contribution in [2.24, 2.45) is 0 Å². The Labute approximate surface area is 137 Å². The summed E-state index contributed by atoms with van der Waals surface area (Å²) in [6.45, 7) is 3.65. The van der Waals surface area contributed by atoms with Gasteiger partial charge < -0.3 is 19.7 Å². The second-order valence-corrected chi connectivity index (χ2v) is 6.41. The summed E-state index contributed by atoms with van der Waals surface area (Å²) in [5.41, 5.74) is 1.17. The molecule has 2 amide bonds. The van der Waals surface area contributed by atoms with Gasteiger partial charge in [-0.25, -0.2) is 4.79 Å². The number of ether oxygens (including phenoxy) is 2. The highest BCUT2D eigenvalue weighted by atomic mass is 16.5. The van der Waals surface area contributed by atoms with Gasteiger partial charge in [-0.15, -0.1) is 0 Å². The highest BCUT2D eigenvalue weighted by Crippen LogP contribution is 2.32. The number of hydrogen-bond acceptors (Lipinski definition) is 3. The fourth-order valence-corrected chi connectivity index (χ4v) is 3.55. The molecular formula is C18H26N2O3. The number of hydrogen-bond donors (Lipinski definition) is 1. The number of urea groups is 1. The molecule has 2 saturated heterocycles. The van der Waals surface area contributed by atoms with E-state index in [1.165, 1.54) is 5.56 Å². The first-order chi connectivity index (χ1) is 11.2. The van der Waals surface area contributed by atoms with E-state index in [2.05, 4.69) is 17.4 Å². The summed E-state index contributed by atoms with van der Waals surface area (Å²) in [7, 11) is 1.66. The summed E-state index contributed by atoms with van der Waals surface area (Å²) in [5.74, 6) is 0.842. The van der Waals surface area contributed by atoms with Gasteiger partial charge in [-0.1, -0.05) is 12.1 Å². The molecule has 2 aliphatic heterocycles. The Balaban J connectivity index is 1.64. The number of benzene rings is 1. The molecular weight excluding hydrogens is 292 g/mol. The van der Waals surface area contributed by atoms with E-state index in [0.717, 1.165) is 44.6 Å². The number of rotatable bonds is 4. The van der Waals surface area contributed by atoms with Gasteiger partial charge in [-0.3, -0.25) is 0 Å². The van der Waals surface area contributed by atoms with Crippen LogP contribution in [0.3, 0.4) is 0 Å². The number of nitrogens with zero attached hydrogens (tertiary/aromatic N) is 1. The van der Waals surface area contributed by atoms with Crippen molar-refractivity contribution in [3.05, 3.63) is 29.8 Å². The number of carbonyl (C=O) groups excluding carboxylic acids is 1. The normalized spacial score (nSPS) is 25.4. The van der Waals surface area contributed by atoms with Crippen molar-refractivity contribution < 1.29 is 14.3 Å². The maximum atomic E-state index is 12.7. The highest BCUT2D eigenvalue weighted by molar-refractivity contribution is 5.75. The summed E-state index contributed by atoms with van der Waals surface area (Å²) in [6.07, 6.45) is 4.32. The average Bonchev–Trinajstić information content (AvgIpc) is 3.26. The molecule has 0 unspecified atom stereocenters. The zero-order chi connectivity index (χ0) is 16.2. The Hall–Kier alpha value is -1.75. The van der Waals surface area contributed by atoms with Crippen LogP contribution in [0.5, 0.6) is 5.75 Å². The van der Waals surface area contributed by atoms with Crippen molar-refractivity contribution in [3.63, 3.8) is 0 Å². The molecule has 0 saturated carbocycles. The molecule has 0 aromatic heterocycles. The Kier molecular flexibility index (Phi) is 5.06. The lowest BCUT2D eigenvalue weighted by atomic mass is 10.0. The van der Waals surface area contributed by atoms with E-state index in [1.54, 1.807) is 7.11 Å². The van der Waals surface area contributed by atoms with Crippen molar-refractivity contribution in [3.8, 4) is 5.75 Å². The fraction of sp³-hybridized carbons (Fsp3) is 0.611. The van der Waals surface area contributed by atoms with Crippen LogP contribution in [0.2, 0.25) is 0 Å². The standard InChI is InChI=1S/C18H26N2O3/c1-13(17-6-4-12-23-17)19-18(21)20-11-3-5-16(20)14-7-9-15(22-2)10-8-14/h7-10,13,16-17H,3-6,11-12H2,1-2H3,(H,19,21)/t13-,16+,17-/m1/s1. The molecule has 1 N–H and O–H groups in total. The Morgan fingerprint density at radius 3 is 2.74 bits per heavy atom. The number of nitrogens with one attached hydrogen (secondary N) is 1. The van der Waals surface area contributed by atoms with Crippen molar-refractivity contribution in [1.82, 2.24) is 10.2 Å². The smallest absolute Gasteiger partial charge is 0.318 e. The second-order valence-electron chi connectivity index (χ2n) is 6.41. The van der Waals surface area contributed by atoms with E-state index < -0.39 is 0 Å². The molecule has 1 aromatic carbocycles. The van der Waals surface area contributed by atoms with Crippen LogP contribution in [0.25, 0.3) is 0 Å². The van der Waals surface area contributed by atoms with Crippen molar-refractivity contribution in [2.75, 3.05) is 20.3 Å². The molecule has 0 radical (unpaired) electrons. The summed E-state index contributed by atoms with van der Waals surface area (Å²) >= 11 is 0. The minimum absolute atomic E-state index is 0.0197. The van der Waals surface area contributed by atoms with Crippen LogP contribution in [0, 0.1) is 0 Å². The van der Waals surface area contributed by atoms with Crippen LogP contribution in [0.1, 0.15) is 44.2 Å². The minimum atomic E-state index is 0.0197. The van der Waals surface area contributed by atoms with Crippen LogP contribution in [0.15, 0.2) is 24.3 Å². The molecule has 0 aliphatic carbocycles. The number of amides is 2. The third-order valence-electron chi connectivity index (χ3n) is 4.89. The molecule has 0 spiro atoms. The lowest BCUT2D eigenvalue weighted by Gasteiger charge is -2.28. The Morgan fingerprint density at radius 2 is 2.09 bits per heavy atom. The molecule has 5 heteroatoms. The third-order valence-corrected chi connectivity index (χ3v) is 4.89. The zero-order valence-corrected chi connectivity index (χ0v) is 14.0. The number of methoxy groups -OCH3 is 1. The van der Waals surface area contributed by atoms with E-state index in [-0.39, 0.29) is 24.2 Å². The first kappa shape index (κ1) is 16.1. The highest BCUT2D eigenvalue weighted by Gasteiger charge is 2.32. The summed E-state index contributed by atoms with van der Waals surface area (Å²) in [6, 6.07) is 8.25. The van der Waals surface area contributed by atoms with E-state index in [4.69, 9.17) is 9.47 Å². The molecule has 2 aliphatic rings. The molecule has 2 fully saturated rings. The van der Waals surface area contributed by atoms with E-state index in [1.807, 2.05) is 24.0 Å². The lowest BCUT2D eigenvalue weighted by molar-refractivity contribution is 0.0829.